The van der Waals surface area contributed by atoms with Gasteiger partial charge in [0.1, 0.15) is 5.60 Å². The zero-order valence-electron chi connectivity index (χ0n) is 12.0. The molecule has 20 heavy (non-hydrogen) atoms. The Hall–Kier alpha value is -1.95. The number of carbonyl (C=O) groups is 1. The molecule has 6 heteroatoms. The third-order valence-corrected chi connectivity index (χ3v) is 2.67. The number of benzene rings is 1. The van der Waals surface area contributed by atoms with Crippen LogP contribution in [0.1, 0.15) is 49.5 Å². The van der Waals surface area contributed by atoms with Crippen molar-refractivity contribution in [2.24, 2.45) is 0 Å². The van der Waals surface area contributed by atoms with Crippen molar-refractivity contribution in [3.05, 3.63) is 39.4 Å². The van der Waals surface area contributed by atoms with Crippen LogP contribution in [0.3, 0.4) is 0 Å². The highest BCUT2D eigenvalue weighted by Gasteiger charge is 2.23. The number of nitro benzene ring substituents is 1. The Morgan fingerprint density at radius 1 is 1.45 bits per heavy atom. The molecule has 0 aliphatic rings. The molecule has 0 aliphatic carbocycles. The second kappa shape index (κ2) is 6.00. The van der Waals surface area contributed by atoms with Crippen LogP contribution in [0.4, 0.5) is 5.69 Å². The number of esters is 1. The van der Waals surface area contributed by atoms with Crippen molar-refractivity contribution in [1.29, 1.82) is 0 Å². The maximum absolute atomic E-state index is 11.9. The quantitative estimate of drug-likeness (QED) is 0.520. The number of hydrogen-bond donors (Lipinski definition) is 1. The first kappa shape index (κ1) is 16.1. The van der Waals surface area contributed by atoms with Crippen LogP contribution in [0, 0.1) is 10.1 Å². The molecule has 1 unspecified atom stereocenters. The fourth-order valence-electron chi connectivity index (χ4n) is 1.68. The predicted molar refractivity (Wildman–Crippen MR) is 73.8 cm³/mol. The predicted octanol–water partition coefficient (Wildman–Crippen LogP) is 2.65. The Labute approximate surface area is 117 Å². The maximum atomic E-state index is 11.9. The van der Waals surface area contributed by atoms with Crippen molar-refractivity contribution < 1.29 is 19.6 Å². The van der Waals surface area contributed by atoms with Crippen LogP contribution in [0.25, 0.3) is 0 Å². The molecule has 1 rings (SSSR count). The maximum Gasteiger partial charge on any atom is 0.338 e. The average Bonchev–Trinajstić information content (AvgIpc) is 2.35. The number of hydrogen-bond acceptors (Lipinski definition) is 5. The molecule has 0 fully saturated rings. The van der Waals surface area contributed by atoms with Crippen molar-refractivity contribution >= 4 is 11.7 Å². The Kier molecular flexibility index (Phi) is 4.83. The molecular formula is C14H19NO5. The van der Waals surface area contributed by atoms with E-state index in [1.807, 2.05) is 0 Å². The molecule has 0 bridgehead atoms. The standard InChI is InChI=1S/C14H19NO5/c1-9(8-16)11-6-5-10(7-12(11)15(18)19)13(17)20-14(2,3)4/h5-7,9,16H,8H2,1-4H3. The Morgan fingerprint density at radius 3 is 2.50 bits per heavy atom. The summed E-state index contributed by atoms with van der Waals surface area (Å²) < 4.78 is 5.17. The van der Waals surface area contributed by atoms with Gasteiger partial charge < -0.3 is 9.84 Å². The lowest BCUT2D eigenvalue weighted by atomic mass is 9.98. The van der Waals surface area contributed by atoms with Gasteiger partial charge in [0.25, 0.3) is 5.69 Å². The summed E-state index contributed by atoms with van der Waals surface area (Å²) in [5.74, 6) is -0.980. The van der Waals surface area contributed by atoms with Gasteiger partial charge in [0, 0.05) is 24.2 Å². The number of aliphatic hydroxyl groups excluding tert-OH is 1. The van der Waals surface area contributed by atoms with E-state index in [1.54, 1.807) is 27.7 Å². The van der Waals surface area contributed by atoms with E-state index in [4.69, 9.17) is 9.84 Å². The van der Waals surface area contributed by atoms with Crippen molar-refractivity contribution in [1.82, 2.24) is 0 Å². The fourth-order valence-corrected chi connectivity index (χ4v) is 1.68. The molecule has 0 radical (unpaired) electrons. The molecule has 110 valence electrons. The van der Waals surface area contributed by atoms with Crippen LogP contribution < -0.4 is 0 Å². The van der Waals surface area contributed by atoms with E-state index in [0.29, 0.717) is 5.56 Å². The van der Waals surface area contributed by atoms with Crippen LogP contribution in [0.5, 0.6) is 0 Å². The van der Waals surface area contributed by atoms with Crippen molar-refractivity contribution in [3.63, 3.8) is 0 Å². The first-order valence-corrected chi connectivity index (χ1v) is 6.28. The van der Waals surface area contributed by atoms with Crippen LogP contribution in [-0.2, 0) is 4.74 Å². The zero-order valence-corrected chi connectivity index (χ0v) is 12.0. The number of nitrogens with zero attached hydrogens (tertiary/aromatic N) is 1. The number of nitro groups is 1. The summed E-state index contributed by atoms with van der Waals surface area (Å²) >= 11 is 0. The van der Waals surface area contributed by atoms with Crippen molar-refractivity contribution in [3.8, 4) is 0 Å². The number of ether oxygens (including phenoxy) is 1. The van der Waals surface area contributed by atoms with Gasteiger partial charge in [0.05, 0.1) is 10.5 Å². The lowest BCUT2D eigenvalue weighted by Gasteiger charge is -2.19. The molecule has 1 N–H and O–H groups in total. The second-order valence-corrected chi connectivity index (χ2v) is 5.62. The second-order valence-electron chi connectivity index (χ2n) is 5.62. The summed E-state index contributed by atoms with van der Waals surface area (Å²) in [6.45, 7) is 6.65. The van der Waals surface area contributed by atoms with Gasteiger partial charge in [0.2, 0.25) is 0 Å². The molecule has 0 heterocycles. The Bertz CT molecular complexity index is 519. The third-order valence-electron chi connectivity index (χ3n) is 2.67. The number of aliphatic hydroxyl groups is 1. The molecule has 0 aromatic heterocycles. The van der Waals surface area contributed by atoms with Crippen LogP contribution in [-0.4, -0.2) is 28.2 Å². The van der Waals surface area contributed by atoms with Crippen LogP contribution >= 0.6 is 0 Å². The summed E-state index contributed by atoms with van der Waals surface area (Å²) in [4.78, 5) is 22.4. The molecule has 0 amide bonds. The first-order valence-electron chi connectivity index (χ1n) is 6.28. The van der Waals surface area contributed by atoms with Gasteiger partial charge in [-0.3, -0.25) is 10.1 Å². The molecule has 0 saturated heterocycles. The summed E-state index contributed by atoms with van der Waals surface area (Å²) in [7, 11) is 0. The largest absolute Gasteiger partial charge is 0.456 e. The summed E-state index contributed by atoms with van der Waals surface area (Å²) in [5, 5.41) is 20.2. The fraction of sp³-hybridized carbons (Fsp3) is 0.500. The van der Waals surface area contributed by atoms with Gasteiger partial charge in [-0.15, -0.1) is 0 Å². The molecule has 0 aliphatic heterocycles. The molecule has 1 atom stereocenters. The molecule has 1 aromatic carbocycles. The van der Waals surface area contributed by atoms with E-state index in [1.165, 1.54) is 18.2 Å². The third kappa shape index (κ3) is 4.03. The minimum atomic E-state index is -0.664. The highest BCUT2D eigenvalue weighted by molar-refractivity contribution is 5.90. The highest BCUT2D eigenvalue weighted by atomic mass is 16.6. The van der Waals surface area contributed by atoms with E-state index >= 15 is 0 Å². The van der Waals surface area contributed by atoms with Gasteiger partial charge in [-0.05, 0) is 26.8 Å². The lowest BCUT2D eigenvalue weighted by Crippen LogP contribution is -2.24. The van der Waals surface area contributed by atoms with Gasteiger partial charge in [-0.25, -0.2) is 4.79 Å². The average molecular weight is 281 g/mol. The zero-order chi connectivity index (χ0) is 15.5. The van der Waals surface area contributed by atoms with Crippen LogP contribution in [0.2, 0.25) is 0 Å². The Morgan fingerprint density at radius 2 is 2.05 bits per heavy atom. The minimum absolute atomic E-state index is 0.125. The smallest absolute Gasteiger partial charge is 0.338 e. The molecule has 0 spiro atoms. The van der Waals surface area contributed by atoms with Gasteiger partial charge >= 0.3 is 5.97 Å². The first-order chi connectivity index (χ1) is 9.15. The van der Waals surface area contributed by atoms with E-state index < -0.39 is 16.5 Å². The van der Waals surface area contributed by atoms with Crippen molar-refractivity contribution in [2.45, 2.75) is 39.2 Å². The number of carbonyl (C=O) groups excluding carboxylic acids is 1. The van der Waals surface area contributed by atoms with Gasteiger partial charge in [0.15, 0.2) is 0 Å². The van der Waals surface area contributed by atoms with E-state index in [9.17, 15) is 14.9 Å². The van der Waals surface area contributed by atoms with Gasteiger partial charge in [-0.2, -0.15) is 0 Å². The van der Waals surface area contributed by atoms with Gasteiger partial charge in [-0.1, -0.05) is 13.0 Å². The molecular weight excluding hydrogens is 262 g/mol. The summed E-state index contributed by atoms with van der Waals surface area (Å²) in [6, 6.07) is 4.15. The SMILES string of the molecule is CC(CO)c1ccc(C(=O)OC(C)(C)C)cc1[N+](=O)[O-]. The Balaban J connectivity index is 3.17. The number of rotatable bonds is 4. The molecule has 6 nitrogen and oxygen atoms in total. The monoisotopic (exact) mass is 281 g/mol. The molecule has 1 aromatic rings. The normalized spacial score (nSPS) is 12.8. The summed E-state index contributed by atoms with van der Waals surface area (Å²) in [6.07, 6.45) is 0. The van der Waals surface area contributed by atoms with E-state index in [2.05, 4.69) is 0 Å². The van der Waals surface area contributed by atoms with Crippen LogP contribution in [0.15, 0.2) is 18.2 Å². The van der Waals surface area contributed by atoms with E-state index in [0.717, 1.165) is 0 Å². The molecule has 0 saturated carbocycles. The highest BCUT2D eigenvalue weighted by Crippen LogP contribution is 2.28. The van der Waals surface area contributed by atoms with Crippen molar-refractivity contribution in [2.75, 3.05) is 6.61 Å². The summed E-state index contributed by atoms with van der Waals surface area (Å²) in [5.41, 5.74) is -0.330. The minimum Gasteiger partial charge on any atom is -0.456 e. The lowest BCUT2D eigenvalue weighted by molar-refractivity contribution is -0.385. The van der Waals surface area contributed by atoms with E-state index in [-0.39, 0.29) is 23.8 Å². The topological polar surface area (TPSA) is 89.7 Å².